The first-order chi connectivity index (χ1) is 20.9. The molecule has 1 aliphatic heterocycles. The molecular weight excluding hydrogens is 688 g/mol. The Bertz CT molecular complexity index is 1280. The third-order valence-electron chi connectivity index (χ3n) is 6.46. The van der Waals surface area contributed by atoms with Gasteiger partial charge in [-0.05, 0) is 45.9 Å². The van der Waals surface area contributed by atoms with Crippen molar-refractivity contribution in [3.63, 3.8) is 0 Å². The maximum absolute atomic E-state index is 13.3. The summed E-state index contributed by atoms with van der Waals surface area (Å²) in [5.41, 5.74) is -2.78. The van der Waals surface area contributed by atoms with Gasteiger partial charge in [0.15, 0.2) is 17.9 Å². The summed E-state index contributed by atoms with van der Waals surface area (Å²) in [7, 11) is -5.43. The number of aromatic hydroxyl groups is 1. The second-order valence-corrected chi connectivity index (χ2v) is 12.0. The van der Waals surface area contributed by atoms with Gasteiger partial charge in [-0.15, -0.1) is 0 Å². The topological polar surface area (TPSA) is 261 Å². The first kappa shape index (κ1) is 51.4. The van der Waals surface area contributed by atoms with E-state index in [1.54, 1.807) is 0 Å². The molecule has 3 N–H and O–H groups in total. The molecule has 252 valence electrons. The molecule has 48 heavy (non-hydrogen) atoms. The van der Waals surface area contributed by atoms with Crippen LogP contribution in [0.3, 0.4) is 0 Å². The smallest absolute Gasteiger partial charge is 0.807 e. The second-order valence-electron chi connectivity index (χ2n) is 10.6. The van der Waals surface area contributed by atoms with E-state index in [-0.39, 0.29) is 112 Å². The maximum atomic E-state index is 13.3. The number of amides is 2. The molecule has 0 bridgehead atoms. The fraction of sp³-hybridized carbons (Fsp3) is 0.571. The molecule has 1 aliphatic rings. The van der Waals surface area contributed by atoms with Gasteiger partial charge in [-0.3, -0.25) is 19.2 Å². The number of carbonyl (C=O) groups is 6. The van der Waals surface area contributed by atoms with Crippen LogP contribution in [0.1, 0.15) is 77.1 Å². The first-order valence-electron chi connectivity index (χ1n) is 14.1. The second kappa shape index (κ2) is 25.0. The van der Waals surface area contributed by atoms with Crippen molar-refractivity contribution >= 4 is 49.2 Å². The Labute approximate surface area is 345 Å². The third-order valence-corrected chi connectivity index (χ3v) is 6.90. The Morgan fingerprint density at radius 3 is 2.10 bits per heavy atom. The zero-order valence-corrected chi connectivity index (χ0v) is 35.4. The number of carbonyl (C=O) groups excluding carboxylic acids is 6. The van der Waals surface area contributed by atoms with Gasteiger partial charge in [-0.2, -0.15) is 0 Å². The van der Waals surface area contributed by atoms with Crippen LogP contribution >= 0.6 is 7.60 Å². The van der Waals surface area contributed by atoms with Gasteiger partial charge in [0.25, 0.3) is 5.91 Å². The number of hydrogen-bond donors (Lipinski definition) is 3. The molecule has 1 fully saturated rings. The van der Waals surface area contributed by atoms with Gasteiger partial charge in [-0.1, -0.05) is 46.1 Å². The molecule has 0 aromatic heterocycles. The van der Waals surface area contributed by atoms with E-state index >= 15 is 0 Å². The number of rotatable bonds is 12. The molecule has 1 heterocycles. The van der Waals surface area contributed by atoms with Gasteiger partial charge in [0.2, 0.25) is 6.41 Å². The predicted molar refractivity (Wildman–Crippen MR) is 150 cm³/mol. The molecule has 16 nitrogen and oxygen atoms in total. The van der Waals surface area contributed by atoms with E-state index in [1.165, 1.54) is 32.0 Å². The summed E-state index contributed by atoms with van der Waals surface area (Å²) < 4.78 is 26.0. The van der Waals surface area contributed by atoms with E-state index in [0.29, 0.717) is 19.3 Å². The number of esters is 3. The number of cyclic esters (lactones) is 2. The van der Waals surface area contributed by atoms with E-state index in [0.717, 1.165) is 12.8 Å². The molecule has 5 atom stereocenters. The molecular formula is C28H38N2Na3O14P. The molecule has 0 radical (unpaired) electrons. The van der Waals surface area contributed by atoms with E-state index < -0.39 is 73.1 Å². The normalized spacial score (nSPS) is 20.5. The Hall–Kier alpha value is -1.01. The average Bonchev–Trinajstić information content (AvgIpc) is 2.95. The number of phenolic OH excluding ortho intramolecular Hbond substituents is 1. The van der Waals surface area contributed by atoms with Crippen molar-refractivity contribution in [3.8, 4) is 5.75 Å². The van der Waals surface area contributed by atoms with Gasteiger partial charge in [-0.25, -0.2) is 4.79 Å². The molecule has 0 spiro atoms. The summed E-state index contributed by atoms with van der Waals surface area (Å²) in [6, 6.07) is 2.71. The largest absolute Gasteiger partial charge is 1.00 e. The van der Waals surface area contributed by atoms with Crippen molar-refractivity contribution in [3.05, 3.63) is 23.8 Å². The number of hydrogen-bond acceptors (Lipinski definition) is 14. The van der Waals surface area contributed by atoms with Crippen molar-refractivity contribution in [2.45, 2.75) is 91.1 Å². The number of carboxylic acid groups (broad SMARTS) is 1. The van der Waals surface area contributed by atoms with Crippen LogP contribution in [-0.4, -0.2) is 65.4 Å². The number of ether oxygens (including phenoxy) is 3. The van der Waals surface area contributed by atoms with Crippen LogP contribution in [-0.2, 0) is 38.0 Å². The van der Waals surface area contributed by atoms with Crippen LogP contribution in [0.2, 0.25) is 0 Å². The summed E-state index contributed by atoms with van der Waals surface area (Å²) in [6.45, 7) is 8.70. The Balaban J connectivity index is -0.00000182. The van der Waals surface area contributed by atoms with E-state index in [4.69, 9.17) is 38.5 Å². The molecule has 5 unspecified atom stereocenters. The van der Waals surface area contributed by atoms with Crippen LogP contribution < -0.4 is 114 Å². The number of phenols is 1. The molecule has 0 aliphatic carbocycles. The van der Waals surface area contributed by atoms with Crippen LogP contribution in [0.5, 0.6) is 5.75 Å². The molecule has 2 amide bonds. The maximum Gasteiger partial charge on any atom is 1.00 e. The van der Waals surface area contributed by atoms with E-state index in [2.05, 4.69) is 10.6 Å². The van der Waals surface area contributed by atoms with Crippen molar-refractivity contribution in [1.82, 2.24) is 5.32 Å². The van der Waals surface area contributed by atoms with Crippen molar-refractivity contribution in [1.29, 1.82) is 0 Å². The number of unbranched alkanes of at least 4 members (excludes halogenated alkanes) is 2. The van der Waals surface area contributed by atoms with Crippen molar-refractivity contribution < 1.29 is 156 Å². The van der Waals surface area contributed by atoms with Crippen molar-refractivity contribution in [2.75, 3.05) is 5.32 Å². The summed E-state index contributed by atoms with van der Waals surface area (Å²) in [6.07, 6.45) is 0.0639. The summed E-state index contributed by atoms with van der Waals surface area (Å²) in [4.78, 5) is 90.0. The molecule has 1 aromatic carbocycles. The molecule has 0 saturated carbocycles. The van der Waals surface area contributed by atoms with E-state index in [1.807, 2.05) is 20.8 Å². The molecule has 20 heteroatoms. The Morgan fingerprint density at radius 1 is 1.04 bits per heavy atom. The van der Waals surface area contributed by atoms with Crippen LogP contribution in [0.4, 0.5) is 10.5 Å². The standard InChI is InChI=1S/C27H38N2O9.CH3O5P.3Na/c1-6-7-8-10-19-24(38-21(31)13-15(2)3)17(5)37-27(35)22(16(4)36-26(19)34)29-25(33)18-11-9-12-20(23(18)32)28-14-30;2-1(3)7(4,5)6;;;/h9,11-12,14-17,19,22,24,32H,6-8,10,13H2,1-5H3,(H,28,30)(H,29,33);(H,2,3)(H2,4,5,6);;;/q;;3*+1/p-3. The fourth-order valence-corrected chi connectivity index (χ4v) is 4.22. The molecule has 1 saturated heterocycles. The van der Waals surface area contributed by atoms with Crippen molar-refractivity contribution in [2.24, 2.45) is 11.8 Å². The zero-order chi connectivity index (χ0) is 34.5. The Morgan fingerprint density at radius 2 is 1.60 bits per heavy atom. The Kier molecular flexibility index (Phi) is 26.8. The minimum absolute atomic E-state index is 0. The third kappa shape index (κ3) is 17.3. The number of benzene rings is 1. The van der Waals surface area contributed by atoms with Gasteiger partial charge in [0.05, 0.1) is 22.9 Å². The minimum Gasteiger partial charge on any atom is -0.807 e. The first-order valence-corrected chi connectivity index (χ1v) is 15.7. The number of anilines is 1. The van der Waals surface area contributed by atoms with Gasteiger partial charge in [0, 0.05) is 6.42 Å². The van der Waals surface area contributed by atoms with Crippen LogP contribution in [0, 0.1) is 11.8 Å². The zero-order valence-electron chi connectivity index (χ0n) is 28.5. The van der Waals surface area contributed by atoms with Crippen LogP contribution in [0.15, 0.2) is 18.2 Å². The number of para-hydroxylation sites is 1. The number of nitrogens with one attached hydrogen (secondary N) is 2. The summed E-state index contributed by atoms with van der Waals surface area (Å²) in [5, 5.41) is 24.1. The predicted octanol–water partition coefficient (Wildman–Crippen LogP) is -8.65. The fourth-order valence-electron chi connectivity index (χ4n) is 4.22. The summed E-state index contributed by atoms with van der Waals surface area (Å²) in [5.74, 6) is -4.27. The SMILES string of the molecule is CCCCCC1C(=O)OC(C)C(NC(=O)c2cccc(NC=O)c2O)C(=O)OC(C)C1OC(=O)CC(C)C.O=C([O-])P(=O)([O-])[O-].[Na+].[Na+].[Na+]. The van der Waals surface area contributed by atoms with Gasteiger partial charge in [0.1, 0.15) is 12.2 Å². The van der Waals surface area contributed by atoms with Gasteiger partial charge >= 0.3 is 107 Å². The molecule has 1 aromatic rings. The van der Waals surface area contributed by atoms with Crippen LogP contribution in [0.25, 0.3) is 0 Å². The van der Waals surface area contributed by atoms with Gasteiger partial charge < -0.3 is 54.2 Å². The summed E-state index contributed by atoms with van der Waals surface area (Å²) >= 11 is 0. The monoisotopic (exact) mass is 726 g/mol. The minimum atomic E-state index is -5.43. The average molecular weight is 727 g/mol. The quantitative estimate of drug-likeness (QED) is 0.0344. The molecule has 2 rings (SSSR count). The van der Waals surface area contributed by atoms with E-state index in [9.17, 15) is 29.1 Å².